The van der Waals surface area contributed by atoms with E-state index in [2.05, 4.69) is 0 Å². The van der Waals surface area contributed by atoms with E-state index in [1.165, 1.54) is 0 Å². The van der Waals surface area contributed by atoms with Gasteiger partial charge in [0.2, 0.25) is 0 Å². The largest absolute Gasteiger partial charge is 0.395 e. The number of benzene rings is 1. The number of aliphatic hydroxyl groups is 2. The number of hydrogen-bond acceptors (Lipinski definition) is 3. The van der Waals surface area contributed by atoms with Crippen LogP contribution in [-0.2, 0) is 0 Å². The van der Waals surface area contributed by atoms with Crippen LogP contribution in [0.1, 0.15) is 0 Å². The van der Waals surface area contributed by atoms with Crippen LogP contribution in [0, 0.1) is 0 Å². The van der Waals surface area contributed by atoms with Gasteiger partial charge in [-0.15, -0.1) is 17.0 Å². The second-order valence-electron chi connectivity index (χ2n) is 2.77. The third-order valence-corrected chi connectivity index (χ3v) is 1.86. The molecule has 80 valence electrons. The van der Waals surface area contributed by atoms with Crippen LogP contribution in [0.25, 0.3) is 0 Å². The zero-order valence-electron chi connectivity index (χ0n) is 7.97. The molecule has 0 radical (unpaired) electrons. The molecule has 1 aromatic carbocycles. The molecule has 0 aliphatic carbocycles. The molecule has 0 fully saturated rings. The number of aliphatic hydroxyl groups excluding tert-OH is 2. The summed E-state index contributed by atoms with van der Waals surface area (Å²) in [6.45, 7) is 1.33. The summed E-state index contributed by atoms with van der Waals surface area (Å²) >= 11 is 0. The summed E-state index contributed by atoms with van der Waals surface area (Å²) in [5, 5.41) is 17.6. The van der Waals surface area contributed by atoms with Crippen molar-refractivity contribution in [1.29, 1.82) is 0 Å². The van der Waals surface area contributed by atoms with Gasteiger partial charge in [-0.3, -0.25) is 0 Å². The Bertz CT molecular complexity index is 225. The van der Waals surface area contributed by atoms with Crippen molar-refractivity contribution in [3.8, 4) is 0 Å². The van der Waals surface area contributed by atoms with Crippen molar-refractivity contribution in [2.45, 2.75) is 0 Å². The summed E-state index contributed by atoms with van der Waals surface area (Å²) in [4.78, 5) is 1.94. The number of nitrogens with zero attached hydrogens (tertiary/aromatic N) is 1. The summed E-state index contributed by atoms with van der Waals surface area (Å²) in [6.07, 6.45) is 0. The topological polar surface area (TPSA) is 43.7 Å². The molecule has 0 amide bonds. The van der Waals surface area contributed by atoms with E-state index in [1.54, 1.807) is 0 Å². The molecule has 0 heterocycles. The fourth-order valence-corrected chi connectivity index (χ4v) is 1.25. The van der Waals surface area contributed by atoms with Crippen molar-refractivity contribution in [3.05, 3.63) is 30.3 Å². The number of halogens is 1. The Morgan fingerprint density at radius 1 is 0.929 bits per heavy atom. The lowest BCUT2D eigenvalue weighted by Crippen LogP contribution is -2.29. The third kappa shape index (κ3) is 4.09. The first-order valence-corrected chi connectivity index (χ1v) is 4.40. The van der Waals surface area contributed by atoms with Crippen molar-refractivity contribution in [2.75, 3.05) is 31.2 Å². The van der Waals surface area contributed by atoms with Crippen LogP contribution in [0.15, 0.2) is 30.3 Å². The highest BCUT2D eigenvalue weighted by Gasteiger charge is 2.02. The minimum absolute atomic E-state index is 0. The monoisotopic (exact) mass is 261 g/mol. The number of anilines is 1. The van der Waals surface area contributed by atoms with Crippen LogP contribution < -0.4 is 4.90 Å². The molecule has 0 saturated heterocycles. The highest BCUT2D eigenvalue weighted by Crippen LogP contribution is 2.11. The highest BCUT2D eigenvalue weighted by molar-refractivity contribution is 8.93. The van der Waals surface area contributed by atoms with Gasteiger partial charge >= 0.3 is 0 Å². The standard InChI is InChI=1S/C10H15NO2.BrH/c12-8-6-11(7-9-13)10-4-2-1-3-5-10;/h1-5,12-13H,6-9H2;1H. The molecule has 3 nitrogen and oxygen atoms in total. The molecule has 0 aliphatic heterocycles. The molecule has 0 aromatic heterocycles. The summed E-state index contributed by atoms with van der Waals surface area (Å²) in [6, 6.07) is 9.75. The quantitative estimate of drug-likeness (QED) is 0.833. The normalized spacial score (nSPS) is 9.29. The Kier molecular flexibility index (Phi) is 7.47. The Morgan fingerprint density at radius 2 is 1.43 bits per heavy atom. The summed E-state index contributed by atoms with van der Waals surface area (Å²) in [5.41, 5.74) is 1.03. The van der Waals surface area contributed by atoms with E-state index in [4.69, 9.17) is 10.2 Å². The first-order valence-electron chi connectivity index (χ1n) is 4.40. The van der Waals surface area contributed by atoms with Gasteiger partial charge in [-0.2, -0.15) is 0 Å². The maximum atomic E-state index is 8.80. The van der Waals surface area contributed by atoms with Crippen molar-refractivity contribution in [2.24, 2.45) is 0 Å². The fourth-order valence-electron chi connectivity index (χ4n) is 1.25. The lowest BCUT2D eigenvalue weighted by atomic mass is 10.3. The van der Waals surface area contributed by atoms with E-state index in [9.17, 15) is 0 Å². The molecule has 2 N–H and O–H groups in total. The van der Waals surface area contributed by atoms with E-state index in [0.717, 1.165) is 5.69 Å². The van der Waals surface area contributed by atoms with Crippen LogP contribution in [0.4, 0.5) is 5.69 Å². The van der Waals surface area contributed by atoms with Gasteiger partial charge in [0.05, 0.1) is 13.2 Å². The second kappa shape index (κ2) is 7.79. The molecule has 0 spiro atoms. The van der Waals surface area contributed by atoms with Crippen molar-refractivity contribution in [1.82, 2.24) is 0 Å². The first-order chi connectivity index (χ1) is 6.38. The summed E-state index contributed by atoms with van der Waals surface area (Å²) in [5.74, 6) is 0. The van der Waals surface area contributed by atoms with Gasteiger partial charge < -0.3 is 15.1 Å². The van der Waals surface area contributed by atoms with Gasteiger partial charge in [-0.05, 0) is 12.1 Å². The third-order valence-electron chi connectivity index (χ3n) is 1.86. The van der Waals surface area contributed by atoms with Gasteiger partial charge in [0.15, 0.2) is 0 Å². The molecule has 0 unspecified atom stereocenters. The predicted molar refractivity (Wildman–Crippen MR) is 63.1 cm³/mol. The molecule has 0 saturated carbocycles. The zero-order chi connectivity index (χ0) is 9.52. The Balaban J connectivity index is 0.00000169. The Morgan fingerprint density at radius 3 is 1.86 bits per heavy atom. The molecular formula is C10H16BrNO2. The van der Waals surface area contributed by atoms with Gasteiger partial charge in [-0.25, -0.2) is 0 Å². The zero-order valence-corrected chi connectivity index (χ0v) is 9.68. The van der Waals surface area contributed by atoms with E-state index in [1.807, 2.05) is 35.2 Å². The van der Waals surface area contributed by atoms with E-state index >= 15 is 0 Å². The van der Waals surface area contributed by atoms with E-state index in [-0.39, 0.29) is 30.2 Å². The Hall–Kier alpha value is -0.580. The molecule has 0 aliphatic rings. The van der Waals surface area contributed by atoms with Crippen molar-refractivity contribution >= 4 is 22.7 Å². The van der Waals surface area contributed by atoms with Crippen molar-refractivity contribution in [3.63, 3.8) is 0 Å². The molecule has 4 heteroatoms. The average Bonchev–Trinajstić information content (AvgIpc) is 2.19. The van der Waals surface area contributed by atoms with Crippen LogP contribution in [0.3, 0.4) is 0 Å². The van der Waals surface area contributed by atoms with Gasteiger partial charge in [0.1, 0.15) is 0 Å². The molecule has 14 heavy (non-hydrogen) atoms. The number of para-hydroxylation sites is 1. The first kappa shape index (κ1) is 13.4. The van der Waals surface area contributed by atoms with E-state index in [0.29, 0.717) is 13.1 Å². The molecule has 1 rings (SSSR count). The van der Waals surface area contributed by atoms with Crippen LogP contribution in [-0.4, -0.2) is 36.5 Å². The fraction of sp³-hybridized carbons (Fsp3) is 0.400. The smallest absolute Gasteiger partial charge is 0.0606 e. The van der Waals surface area contributed by atoms with Crippen LogP contribution in [0.5, 0.6) is 0 Å². The van der Waals surface area contributed by atoms with Crippen molar-refractivity contribution < 1.29 is 10.2 Å². The molecule has 0 atom stereocenters. The highest BCUT2D eigenvalue weighted by atomic mass is 79.9. The predicted octanol–water partition coefficient (Wildman–Crippen LogP) is 1.06. The maximum absolute atomic E-state index is 8.80. The SMILES string of the molecule is Br.OCCN(CCO)c1ccccc1. The lowest BCUT2D eigenvalue weighted by molar-refractivity contribution is 0.281. The van der Waals surface area contributed by atoms with E-state index < -0.39 is 0 Å². The lowest BCUT2D eigenvalue weighted by Gasteiger charge is -2.22. The summed E-state index contributed by atoms with van der Waals surface area (Å²) < 4.78 is 0. The maximum Gasteiger partial charge on any atom is 0.0606 e. The number of hydrogen-bond donors (Lipinski definition) is 2. The van der Waals surface area contributed by atoms with Gasteiger partial charge in [-0.1, -0.05) is 18.2 Å². The van der Waals surface area contributed by atoms with Gasteiger partial charge in [0.25, 0.3) is 0 Å². The minimum atomic E-state index is 0. The van der Waals surface area contributed by atoms with Crippen LogP contribution >= 0.6 is 17.0 Å². The summed E-state index contributed by atoms with van der Waals surface area (Å²) in [7, 11) is 0. The average molecular weight is 262 g/mol. The number of rotatable bonds is 5. The van der Waals surface area contributed by atoms with Crippen LogP contribution in [0.2, 0.25) is 0 Å². The molecule has 0 bridgehead atoms. The molecular weight excluding hydrogens is 246 g/mol. The van der Waals surface area contributed by atoms with Gasteiger partial charge in [0, 0.05) is 18.8 Å². The minimum Gasteiger partial charge on any atom is -0.395 e. The molecule has 1 aromatic rings. The second-order valence-corrected chi connectivity index (χ2v) is 2.77. The Labute approximate surface area is 94.8 Å².